The van der Waals surface area contributed by atoms with Crippen LogP contribution in [-0.2, 0) is 0 Å². The first-order valence-electron chi connectivity index (χ1n) is 4.01. The number of hydrogen-bond donors (Lipinski definition) is 0. The number of hydrogen-bond acceptors (Lipinski definition) is 5. The summed E-state index contributed by atoms with van der Waals surface area (Å²) in [7, 11) is 0. The van der Waals surface area contributed by atoms with Crippen molar-refractivity contribution in [3.05, 3.63) is 37.8 Å². The van der Waals surface area contributed by atoms with E-state index in [1.165, 1.54) is 12.1 Å². The van der Waals surface area contributed by atoms with Crippen molar-refractivity contribution in [2.75, 3.05) is 0 Å². The summed E-state index contributed by atoms with van der Waals surface area (Å²) in [5.74, 6) is 0. The number of halogens is 2. The van der Waals surface area contributed by atoms with Crippen LogP contribution in [0.3, 0.4) is 0 Å². The van der Waals surface area contributed by atoms with E-state index in [1.54, 1.807) is 6.07 Å². The van der Waals surface area contributed by atoms with Crippen molar-refractivity contribution in [3.63, 3.8) is 0 Å². The van der Waals surface area contributed by atoms with Crippen LogP contribution < -0.4 is 0 Å². The van der Waals surface area contributed by atoms with Crippen LogP contribution in [0.2, 0.25) is 9.49 Å². The summed E-state index contributed by atoms with van der Waals surface area (Å²) in [4.78, 5) is 10.3. The molecule has 5 nitrogen and oxygen atoms in total. The second kappa shape index (κ2) is 4.32. The smallest absolute Gasteiger partial charge is 0.258 e. The lowest BCUT2D eigenvalue weighted by atomic mass is 10.2. The van der Waals surface area contributed by atoms with E-state index in [2.05, 4.69) is 10.2 Å². The van der Waals surface area contributed by atoms with E-state index >= 15 is 0 Å². The van der Waals surface area contributed by atoms with Crippen molar-refractivity contribution in [2.45, 2.75) is 0 Å². The van der Waals surface area contributed by atoms with Gasteiger partial charge in [-0.2, -0.15) is 0 Å². The van der Waals surface area contributed by atoms with Crippen LogP contribution in [0.5, 0.6) is 0 Å². The number of aromatic nitrogens is 2. The summed E-state index contributed by atoms with van der Waals surface area (Å²) in [5.41, 5.74) is 0.249. The van der Waals surface area contributed by atoms with Gasteiger partial charge in [-0.3, -0.25) is 10.1 Å². The molecule has 0 N–H and O–H groups in total. The van der Waals surface area contributed by atoms with Gasteiger partial charge >= 0.3 is 0 Å². The van der Waals surface area contributed by atoms with E-state index in [-0.39, 0.29) is 10.2 Å². The molecule has 2 rings (SSSR count). The standard InChI is InChI=1S/C8H3Cl2N3O2S/c9-4-1-2-5(6(3-4)13(14)15)7-11-12-8(10)16-7/h1-3H. The minimum absolute atomic E-state index is 0.111. The van der Waals surface area contributed by atoms with E-state index in [9.17, 15) is 10.1 Å². The number of nitro benzene ring substituents is 1. The maximum atomic E-state index is 10.8. The Hall–Kier alpha value is -1.24. The Labute approximate surface area is 104 Å². The highest BCUT2D eigenvalue weighted by molar-refractivity contribution is 7.18. The fourth-order valence-corrected chi connectivity index (χ4v) is 2.18. The quantitative estimate of drug-likeness (QED) is 0.622. The van der Waals surface area contributed by atoms with E-state index < -0.39 is 4.92 Å². The van der Waals surface area contributed by atoms with Crippen LogP contribution in [0.15, 0.2) is 18.2 Å². The van der Waals surface area contributed by atoms with Gasteiger partial charge in [0.2, 0.25) is 4.47 Å². The lowest BCUT2D eigenvalue weighted by molar-refractivity contribution is -0.384. The summed E-state index contributed by atoms with van der Waals surface area (Å²) in [6, 6.07) is 4.35. The monoisotopic (exact) mass is 275 g/mol. The van der Waals surface area contributed by atoms with Crippen LogP contribution in [0.4, 0.5) is 5.69 Å². The molecule has 0 saturated heterocycles. The number of nitro groups is 1. The Bertz CT molecular complexity index is 558. The molecule has 16 heavy (non-hydrogen) atoms. The Morgan fingerprint density at radius 2 is 2.06 bits per heavy atom. The van der Waals surface area contributed by atoms with Crippen molar-refractivity contribution >= 4 is 40.2 Å². The molecule has 0 radical (unpaired) electrons. The summed E-state index contributed by atoms with van der Waals surface area (Å²) in [6.07, 6.45) is 0. The van der Waals surface area contributed by atoms with Gasteiger partial charge in [-0.15, -0.1) is 10.2 Å². The van der Waals surface area contributed by atoms with Gasteiger partial charge in [0.1, 0.15) is 0 Å². The molecular weight excluding hydrogens is 273 g/mol. The van der Waals surface area contributed by atoms with Crippen molar-refractivity contribution in [1.82, 2.24) is 10.2 Å². The third-order valence-electron chi connectivity index (χ3n) is 1.79. The molecule has 0 aliphatic heterocycles. The van der Waals surface area contributed by atoms with Crippen LogP contribution in [0.1, 0.15) is 0 Å². The average Bonchev–Trinajstić information content (AvgIpc) is 2.64. The Kier molecular flexibility index (Phi) is 3.04. The third-order valence-corrected chi connectivity index (χ3v) is 3.07. The first-order chi connectivity index (χ1) is 7.58. The van der Waals surface area contributed by atoms with E-state index in [0.29, 0.717) is 15.6 Å². The van der Waals surface area contributed by atoms with Gasteiger partial charge in [0.05, 0.1) is 10.5 Å². The molecule has 0 bridgehead atoms. The molecule has 1 heterocycles. The van der Waals surface area contributed by atoms with Crippen LogP contribution in [-0.4, -0.2) is 15.1 Å². The fourth-order valence-electron chi connectivity index (χ4n) is 1.15. The molecule has 0 amide bonds. The molecule has 82 valence electrons. The molecule has 1 aromatic heterocycles. The van der Waals surface area contributed by atoms with E-state index in [0.717, 1.165) is 11.3 Å². The Balaban J connectivity index is 2.60. The largest absolute Gasteiger partial charge is 0.281 e. The highest BCUT2D eigenvalue weighted by atomic mass is 35.5. The van der Waals surface area contributed by atoms with Crippen LogP contribution >= 0.6 is 34.5 Å². The molecule has 8 heteroatoms. The normalized spacial score (nSPS) is 10.4. The molecular formula is C8H3Cl2N3O2S. The van der Waals surface area contributed by atoms with Gasteiger partial charge in [-0.05, 0) is 23.7 Å². The molecule has 0 spiro atoms. The zero-order valence-corrected chi connectivity index (χ0v) is 9.88. The van der Waals surface area contributed by atoms with Crippen LogP contribution in [0.25, 0.3) is 10.6 Å². The Morgan fingerprint density at radius 3 is 2.62 bits per heavy atom. The molecule has 0 atom stereocenters. The topological polar surface area (TPSA) is 68.9 Å². The zero-order chi connectivity index (χ0) is 11.7. The van der Waals surface area contributed by atoms with Crippen molar-refractivity contribution in [1.29, 1.82) is 0 Å². The second-order valence-corrected chi connectivity index (χ2v) is 4.77. The van der Waals surface area contributed by atoms with Crippen molar-refractivity contribution in [2.24, 2.45) is 0 Å². The molecule has 0 aliphatic rings. The lowest BCUT2D eigenvalue weighted by Gasteiger charge is -1.98. The molecule has 0 saturated carbocycles. The Morgan fingerprint density at radius 1 is 1.31 bits per heavy atom. The molecule has 1 aromatic carbocycles. The van der Waals surface area contributed by atoms with Crippen molar-refractivity contribution < 1.29 is 4.92 Å². The maximum absolute atomic E-state index is 10.8. The number of benzene rings is 1. The second-order valence-electron chi connectivity index (χ2n) is 2.78. The number of nitrogens with zero attached hydrogens (tertiary/aromatic N) is 3. The van der Waals surface area contributed by atoms with Gasteiger partial charge in [0, 0.05) is 11.1 Å². The third kappa shape index (κ3) is 2.13. The fraction of sp³-hybridized carbons (Fsp3) is 0. The highest BCUT2D eigenvalue weighted by Crippen LogP contribution is 2.34. The molecule has 2 aromatic rings. The molecule has 0 fully saturated rings. The van der Waals surface area contributed by atoms with E-state index in [1.807, 2.05) is 0 Å². The first-order valence-corrected chi connectivity index (χ1v) is 5.58. The summed E-state index contributed by atoms with van der Waals surface area (Å²) in [5, 5.41) is 18.9. The summed E-state index contributed by atoms with van der Waals surface area (Å²) >= 11 is 12.4. The first kappa shape index (κ1) is 11.3. The number of rotatable bonds is 2. The molecule has 0 aliphatic carbocycles. The van der Waals surface area contributed by atoms with Gasteiger partial charge in [0.25, 0.3) is 5.69 Å². The maximum Gasteiger partial charge on any atom is 0.281 e. The van der Waals surface area contributed by atoms with Crippen molar-refractivity contribution in [3.8, 4) is 10.6 Å². The SMILES string of the molecule is O=[N+]([O-])c1cc(Cl)ccc1-c1nnc(Cl)s1. The summed E-state index contributed by atoms with van der Waals surface area (Å²) in [6.45, 7) is 0. The lowest BCUT2D eigenvalue weighted by Crippen LogP contribution is -1.91. The van der Waals surface area contributed by atoms with Gasteiger partial charge < -0.3 is 0 Å². The molecule has 0 unspecified atom stereocenters. The average molecular weight is 276 g/mol. The summed E-state index contributed by atoms with van der Waals surface area (Å²) < 4.78 is 0.235. The minimum atomic E-state index is -0.517. The van der Waals surface area contributed by atoms with Gasteiger partial charge in [-0.1, -0.05) is 22.9 Å². The van der Waals surface area contributed by atoms with Crippen LogP contribution in [0, 0.1) is 10.1 Å². The van der Waals surface area contributed by atoms with Gasteiger partial charge in [-0.25, -0.2) is 0 Å². The highest BCUT2D eigenvalue weighted by Gasteiger charge is 2.18. The van der Waals surface area contributed by atoms with Gasteiger partial charge in [0.15, 0.2) is 5.01 Å². The van der Waals surface area contributed by atoms with E-state index in [4.69, 9.17) is 23.2 Å². The zero-order valence-electron chi connectivity index (χ0n) is 7.55. The minimum Gasteiger partial charge on any atom is -0.258 e. The predicted octanol–water partition coefficient (Wildman–Crippen LogP) is 3.42. The predicted molar refractivity (Wildman–Crippen MR) is 62.0 cm³/mol.